The van der Waals surface area contributed by atoms with Crippen molar-refractivity contribution in [2.75, 3.05) is 6.54 Å². The number of amides is 1. The molecule has 1 fully saturated rings. The Bertz CT molecular complexity index is 1070. The van der Waals surface area contributed by atoms with E-state index in [4.69, 9.17) is 9.15 Å². The molecule has 1 aromatic carbocycles. The van der Waals surface area contributed by atoms with Crippen molar-refractivity contribution in [1.82, 2.24) is 14.9 Å². The standard InChI is InChI=1S/C20H19N3O5/c1-12(18-21-16-7-3-2-6-15(16)19(25)22-18)28-20(26)13-9-17(24)23(10-13)11-14-5-4-8-27-14/h2-8,12-13H,9-11H2,1H3,(H,21,22,25)/t12-,13-/m1/s1. The molecule has 3 heterocycles. The number of esters is 1. The van der Waals surface area contributed by atoms with Gasteiger partial charge in [-0.3, -0.25) is 14.4 Å². The van der Waals surface area contributed by atoms with Crippen molar-refractivity contribution in [2.24, 2.45) is 5.92 Å². The summed E-state index contributed by atoms with van der Waals surface area (Å²) in [7, 11) is 0. The Hall–Kier alpha value is -3.42. The number of aromatic nitrogens is 2. The predicted molar refractivity (Wildman–Crippen MR) is 99.1 cm³/mol. The Morgan fingerprint density at radius 2 is 2.14 bits per heavy atom. The van der Waals surface area contributed by atoms with Crippen LogP contribution in [0.1, 0.15) is 31.0 Å². The quantitative estimate of drug-likeness (QED) is 0.679. The van der Waals surface area contributed by atoms with Crippen LogP contribution < -0.4 is 5.56 Å². The lowest BCUT2D eigenvalue weighted by atomic mass is 10.1. The molecule has 3 aromatic rings. The normalized spacial score (nSPS) is 17.8. The predicted octanol–water partition coefficient (Wildman–Crippen LogP) is 2.17. The number of hydrogen-bond donors (Lipinski definition) is 1. The second kappa shape index (κ2) is 7.30. The minimum absolute atomic E-state index is 0.0912. The summed E-state index contributed by atoms with van der Waals surface area (Å²) < 4.78 is 10.7. The number of para-hydroxylation sites is 1. The van der Waals surface area contributed by atoms with Crippen LogP contribution >= 0.6 is 0 Å². The number of ether oxygens (including phenoxy) is 1. The van der Waals surface area contributed by atoms with Crippen LogP contribution in [-0.4, -0.2) is 33.3 Å². The first kappa shape index (κ1) is 18.0. The molecule has 1 amide bonds. The summed E-state index contributed by atoms with van der Waals surface area (Å²) >= 11 is 0. The van der Waals surface area contributed by atoms with Gasteiger partial charge in [-0.1, -0.05) is 12.1 Å². The van der Waals surface area contributed by atoms with Gasteiger partial charge in [0.15, 0.2) is 11.9 Å². The minimum atomic E-state index is -0.737. The molecular weight excluding hydrogens is 362 g/mol. The SMILES string of the molecule is C[C@@H](OC(=O)[C@@H]1CC(=O)N(Cc2ccco2)C1)c1nc2ccccc2c(=O)[nH]1. The third-order valence-corrected chi connectivity index (χ3v) is 4.78. The van der Waals surface area contributed by atoms with E-state index in [0.717, 1.165) is 0 Å². The van der Waals surface area contributed by atoms with Crippen LogP contribution in [0.25, 0.3) is 10.9 Å². The number of hydrogen-bond acceptors (Lipinski definition) is 6. The molecule has 1 N–H and O–H groups in total. The number of fused-ring (bicyclic) bond motifs is 1. The zero-order chi connectivity index (χ0) is 19.7. The number of likely N-dealkylation sites (tertiary alicyclic amines) is 1. The van der Waals surface area contributed by atoms with E-state index < -0.39 is 18.0 Å². The van der Waals surface area contributed by atoms with Crippen molar-refractivity contribution in [3.05, 3.63) is 64.6 Å². The van der Waals surface area contributed by atoms with E-state index in [9.17, 15) is 14.4 Å². The molecule has 0 bridgehead atoms. The van der Waals surface area contributed by atoms with E-state index in [-0.39, 0.29) is 30.3 Å². The summed E-state index contributed by atoms with van der Waals surface area (Å²) in [5, 5.41) is 0.472. The summed E-state index contributed by atoms with van der Waals surface area (Å²) in [4.78, 5) is 45.5. The summed E-state index contributed by atoms with van der Waals surface area (Å²) in [5.74, 6) is -0.235. The molecule has 4 rings (SSSR count). The van der Waals surface area contributed by atoms with Gasteiger partial charge in [-0.25, -0.2) is 4.98 Å². The van der Waals surface area contributed by atoms with E-state index >= 15 is 0 Å². The maximum absolute atomic E-state index is 12.5. The fraction of sp³-hybridized carbons (Fsp3) is 0.300. The van der Waals surface area contributed by atoms with Crippen LogP contribution in [-0.2, 0) is 20.9 Å². The maximum Gasteiger partial charge on any atom is 0.311 e. The molecule has 1 saturated heterocycles. The van der Waals surface area contributed by atoms with E-state index in [0.29, 0.717) is 23.2 Å². The van der Waals surface area contributed by atoms with Crippen molar-refractivity contribution < 1.29 is 18.7 Å². The summed E-state index contributed by atoms with van der Waals surface area (Å²) in [5.41, 5.74) is 0.244. The van der Waals surface area contributed by atoms with Gasteiger partial charge in [0.1, 0.15) is 5.76 Å². The van der Waals surface area contributed by atoms with Gasteiger partial charge >= 0.3 is 5.97 Å². The molecule has 1 aliphatic rings. The Balaban J connectivity index is 1.43. The van der Waals surface area contributed by atoms with Crippen LogP contribution in [0.4, 0.5) is 0 Å². The first-order valence-corrected chi connectivity index (χ1v) is 9.01. The number of H-pyrrole nitrogens is 1. The largest absolute Gasteiger partial charge is 0.467 e. The number of nitrogens with zero attached hydrogens (tertiary/aromatic N) is 2. The first-order valence-electron chi connectivity index (χ1n) is 9.01. The smallest absolute Gasteiger partial charge is 0.311 e. The average molecular weight is 381 g/mol. The molecule has 2 aromatic heterocycles. The second-order valence-electron chi connectivity index (χ2n) is 6.80. The Labute approximate surface area is 160 Å². The molecule has 0 spiro atoms. The molecule has 0 aliphatic carbocycles. The van der Waals surface area contributed by atoms with Crippen molar-refractivity contribution >= 4 is 22.8 Å². The lowest BCUT2D eigenvalue weighted by molar-refractivity contribution is -0.153. The zero-order valence-electron chi connectivity index (χ0n) is 15.3. The number of aromatic amines is 1. The number of benzene rings is 1. The zero-order valence-corrected chi connectivity index (χ0v) is 15.3. The minimum Gasteiger partial charge on any atom is -0.467 e. The third kappa shape index (κ3) is 3.53. The molecular formula is C20H19N3O5. The summed E-state index contributed by atoms with van der Waals surface area (Å²) in [6.07, 6.45) is 0.896. The molecule has 0 unspecified atom stereocenters. The van der Waals surface area contributed by atoms with Crippen molar-refractivity contribution in [3.8, 4) is 0 Å². The summed E-state index contributed by atoms with van der Waals surface area (Å²) in [6, 6.07) is 10.5. The lowest BCUT2D eigenvalue weighted by Gasteiger charge is -2.17. The van der Waals surface area contributed by atoms with Crippen molar-refractivity contribution in [1.29, 1.82) is 0 Å². The molecule has 1 aliphatic heterocycles. The highest BCUT2D eigenvalue weighted by molar-refractivity contribution is 5.86. The van der Waals surface area contributed by atoms with Crippen molar-refractivity contribution in [2.45, 2.75) is 26.0 Å². The van der Waals surface area contributed by atoms with Gasteiger partial charge in [0.2, 0.25) is 5.91 Å². The highest BCUT2D eigenvalue weighted by Gasteiger charge is 2.36. The fourth-order valence-electron chi connectivity index (χ4n) is 3.30. The van der Waals surface area contributed by atoms with Crippen LogP contribution in [0, 0.1) is 5.92 Å². The van der Waals surface area contributed by atoms with Crippen molar-refractivity contribution in [3.63, 3.8) is 0 Å². The van der Waals surface area contributed by atoms with Crippen LogP contribution in [0.3, 0.4) is 0 Å². The second-order valence-corrected chi connectivity index (χ2v) is 6.80. The van der Waals surface area contributed by atoms with Gasteiger partial charge in [0.05, 0.1) is 29.6 Å². The van der Waals surface area contributed by atoms with Crippen LogP contribution in [0.5, 0.6) is 0 Å². The average Bonchev–Trinajstić information content (AvgIpc) is 3.32. The van der Waals surface area contributed by atoms with E-state index in [2.05, 4.69) is 9.97 Å². The molecule has 2 atom stereocenters. The number of carbonyl (C=O) groups is 2. The number of nitrogens with one attached hydrogen (secondary N) is 1. The maximum atomic E-state index is 12.5. The monoisotopic (exact) mass is 381 g/mol. The number of carbonyl (C=O) groups excluding carboxylic acids is 2. The molecule has 28 heavy (non-hydrogen) atoms. The molecule has 8 heteroatoms. The van der Waals surface area contributed by atoms with Crippen LogP contribution in [0.2, 0.25) is 0 Å². The van der Waals surface area contributed by atoms with Gasteiger partial charge < -0.3 is 19.0 Å². The molecule has 8 nitrogen and oxygen atoms in total. The van der Waals surface area contributed by atoms with E-state index in [1.165, 1.54) is 0 Å². The summed E-state index contributed by atoms with van der Waals surface area (Å²) in [6.45, 7) is 2.24. The van der Waals surface area contributed by atoms with Gasteiger partial charge in [0.25, 0.3) is 5.56 Å². The fourth-order valence-corrected chi connectivity index (χ4v) is 3.30. The number of furan rings is 1. The highest BCUT2D eigenvalue weighted by atomic mass is 16.5. The molecule has 0 radical (unpaired) electrons. The Kier molecular flexibility index (Phi) is 4.68. The van der Waals surface area contributed by atoms with Gasteiger partial charge in [0, 0.05) is 13.0 Å². The van der Waals surface area contributed by atoms with E-state index in [1.807, 2.05) is 0 Å². The third-order valence-electron chi connectivity index (χ3n) is 4.78. The van der Waals surface area contributed by atoms with E-state index in [1.54, 1.807) is 54.5 Å². The highest BCUT2D eigenvalue weighted by Crippen LogP contribution is 2.24. The Morgan fingerprint density at radius 3 is 2.93 bits per heavy atom. The topological polar surface area (TPSA) is 106 Å². The molecule has 144 valence electrons. The van der Waals surface area contributed by atoms with Gasteiger partial charge in [-0.15, -0.1) is 0 Å². The van der Waals surface area contributed by atoms with Gasteiger partial charge in [-0.05, 0) is 31.2 Å². The molecule has 0 saturated carbocycles. The Morgan fingerprint density at radius 1 is 1.32 bits per heavy atom. The first-order chi connectivity index (χ1) is 13.5. The van der Waals surface area contributed by atoms with Crippen LogP contribution in [0.15, 0.2) is 51.9 Å². The lowest BCUT2D eigenvalue weighted by Crippen LogP contribution is -2.27. The number of rotatable bonds is 5. The van der Waals surface area contributed by atoms with Gasteiger partial charge in [-0.2, -0.15) is 0 Å².